The zero-order chi connectivity index (χ0) is 27.8. The average molecular weight is 516 g/mol. The van der Waals surface area contributed by atoms with E-state index in [1.54, 1.807) is 13.8 Å². The minimum absolute atomic E-state index is 0.0616. The van der Waals surface area contributed by atoms with E-state index in [0.717, 1.165) is 0 Å². The van der Waals surface area contributed by atoms with Gasteiger partial charge in [-0.15, -0.1) is 0 Å². The first-order chi connectivity index (χ1) is 16.8. The van der Waals surface area contributed by atoms with Gasteiger partial charge in [-0.1, -0.05) is 13.8 Å². The molecule has 0 aliphatic carbocycles. The molecule has 0 spiro atoms. The van der Waals surface area contributed by atoms with Gasteiger partial charge in [-0.3, -0.25) is 24.2 Å². The van der Waals surface area contributed by atoms with E-state index < -0.39 is 66.1 Å². The maximum absolute atomic E-state index is 13.0. The van der Waals surface area contributed by atoms with Crippen LogP contribution in [-0.2, 0) is 24.0 Å². The summed E-state index contributed by atoms with van der Waals surface area (Å²) in [6.07, 6.45) is 1.24. The minimum Gasteiger partial charge on any atom is -0.480 e. The van der Waals surface area contributed by atoms with Gasteiger partial charge in [0.2, 0.25) is 23.6 Å². The minimum atomic E-state index is -1.25. The Bertz CT molecular complexity index is 786. The van der Waals surface area contributed by atoms with Gasteiger partial charge >= 0.3 is 5.97 Å². The number of aliphatic carboxylic acids is 1. The second-order valence-electron chi connectivity index (χ2n) is 8.70. The number of rotatable bonds is 18. The zero-order valence-electron chi connectivity index (χ0n) is 20.9. The third-order valence-electron chi connectivity index (χ3n) is 5.14. The van der Waals surface area contributed by atoms with Crippen LogP contribution in [0.2, 0.25) is 0 Å². The molecule has 0 heterocycles. The van der Waals surface area contributed by atoms with Gasteiger partial charge in [0.15, 0.2) is 5.96 Å². The molecule has 0 aliphatic rings. The smallest absolute Gasteiger partial charge is 0.326 e. The molecule has 15 nitrogen and oxygen atoms in total. The molecule has 4 unspecified atom stereocenters. The molecule has 15 heteroatoms. The average Bonchev–Trinajstić information content (AvgIpc) is 2.77. The summed E-state index contributed by atoms with van der Waals surface area (Å²) in [5, 5.41) is 17.0. The van der Waals surface area contributed by atoms with Crippen LogP contribution in [0, 0.1) is 5.92 Å². The number of carbonyl (C=O) groups is 5. The first kappa shape index (κ1) is 32.5. The number of hydrogen-bond acceptors (Lipinski definition) is 8. The second kappa shape index (κ2) is 17.0. The Hall–Kier alpha value is -3.46. The standard InChI is InChI=1S/C21H41N9O6/c1-11(2)16(19(34)29-14(20(35)36)7-5-9-27-21(25)26)30-18(33)13(6-3-4-8-22)28-17(32)12(23)10-15(24)31/h11-14,16H,3-10,22-23H2,1-2H3,(H2,24,31)(H,28,32)(H,29,34)(H,30,33)(H,35,36)(H4,25,26,27). The van der Waals surface area contributed by atoms with Crippen molar-refractivity contribution < 1.29 is 29.1 Å². The molecule has 0 aromatic carbocycles. The number of nitrogens with two attached hydrogens (primary N) is 5. The molecule has 4 amide bonds. The molecule has 0 fully saturated rings. The van der Waals surface area contributed by atoms with E-state index in [0.29, 0.717) is 25.8 Å². The molecule has 0 aliphatic heterocycles. The van der Waals surface area contributed by atoms with Crippen LogP contribution in [0.15, 0.2) is 4.99 Å². The molecule has 206 valence electrons. The number of carboxylic acid groups (broad SMARTS) is 1. The van der Waals surface area contributed by atoms with Crippen LogP contribution in [0.1, 0.15) is 52.4 Å². The Morgan fingerprint density at radius 1 is 0.833 bits per heavy atom. The molecule has 0 bridgehead atoms. The number of hydrogen-bond donors (Lipinski definition) is 9. The maximum Gasteiger partial charge on any atom is 0.326 e. The summed E-state index contributed by atoms with van der Waals surface area (Å²) in [7, 11) is 0. The van der Waals surface area contributed by atoms with Crippen LogP contribution in [0.25, 0.3) is 0 Å². The molecule has 0 rings (SSSR count). The van der Waals surface area contributed by atoms with Crippen molar-refractivity contribution in [3.63, 3.8) is 0 Å². The summed E-state index contributed by atoms with van der Waals surface area (Å²) in [6.45, 7) is 3.91. The summed E-state index contributed by atoms with van der Waals surface area (Å²) in [4.78, 5) is 64.7. The monoisotopic (exact) mass is 515 g/mol. The highest BCUT2D eigenvalue weighted by Gasteiger charge is 2.31. The van der Waals surface area contributed by atoms with Crippen molar-refractivity contribution in [3.05, 3.63) is 0 Å². The molecule has 0 aromatic rings. The lowest BCUT2D eigenvalue weighted by molar-refractivity contribution is -0.142. The first-order valence-corrected chi connectivity index (χ1v) is 11.7. The van der Waals surface area contributed by atoms with E-state index in [1.165, 1.54) is 0 Å². The predicted octanol–water partition coefficient (Wildman–Crippen LogP) is -3.43. The number of amides is 4. The molecule has 4 atom stereocenters. The van der Waals surface area contributed by atoms with Gasteiger partial charge < -0.3 is 49.7 Å². The van der Waals surface area contributed by atoms with E-state index in [4.69, 9.17) is 28.7 Å². The van der Waals surface area contributed by atoms with Gasteiger partial charge in [0, 0.05) is 6.54 Å². The summed E-state index contributed by atoms with van der Waals surface area (Å²) in [6, 6.07) is -4.62. The summed E-state index contributed by atoms with van der Waals surface area (Å²) < 4.78 is 0. The number of carboxylic acids is 1. The number of primary amides is 1. The lowest BCUT2D eigenvalue weighted by Gasteiger charge is -2.27. The van der Waals surface area contributed by atoms with Crippen molar-refractivity contribution in [1.29, 1.82) is 0 Å². The Kier molecular flexibility index (Phi) is 15.4. The fraction of sp³-hybridized carbons (Fsp3) is 0.714. The fourth-order valence-corrected chi connectivity index (χ4v) is 3.16. The SMILES string of the molecule is CC(C)C(NC(=O)C(CCCCN)NC(=O)C(N)CC(N)=O)C(=O)NC(CCCN=C(N)N)C(=O)O. The molecule has 36 heavy (non-hydrogen) atoms. The van der Waals surface area contributed by atoms with E-state index in [9.17, 15) is 29.1 Å². The van der Waals surface area contributed by atoms with E-state index in [-0.39, 0.29) is 25.3 Å². The Morgan fingerprint density at radius 3 is 1.92 bits per heavy atom. The van der Waals surface area contributed by atoms with Gasteiger partial charge in [0.25, 0.3) is 0 Å². The number of guanidine groups is 1. The van der Waals surface area contributed by atoms with Crippen LogP contribution in [0.4, 0.5) is 0 Å². The summed E-state index contributed by atoms with van der Waals surface area (Å²) >= 11 is 0. The third kappa shape index (κ3) is 13.4. The van der Waals surface area contributed by atoms with E-state index >= 15 is 0 Å². The van der Waals surface area contributed by atoms with Crippen LogP contribution >= 0.6 is 0 Å². The Morgan fingerprint density at radius 2 is 1.42 bits per heavy atom. The molecule has 0 radical (unpaired) electrons. The second-order valence-corrected chi connectivity index (χ2v) is 8.70. The van der Waals surface area contributed by atoms with Crippen molar-refractivity contribution in [2.45, 2.75) is 76.5 Å². The van der Waals surface area contributed by atoms with Crippen LogP contribution < -0.4 is 44.6 Å². The quantitative estimate of drug-likeness (QED) is 0.0494. The number of nitrogens with one attached hydrogen (secondary N) is 3. The first-order valence-electron chi connectivity index (χ1n) is 11.7. The Balaban J connectivity index is 5.40. The summed E-state index contributed by atoms with van der Waals surface area (Å²) in [5.41, 5.74) is 26.7. The molecular weight excluding hydrogens is 474 g/mol. The number of unbranched alkanes of at least 4 members (excludes halogenated alkanes) is 1. The molecule has 14 N–H and O–H groups in total. The van der Waals surface area contributed by atoms with Gasteiger partial charge in [-0.05, 0) is 44.6 Å². The largest absolute Gasteiger partial charge is 0.480 e. The lowest BCUT2D eigenvalue weighted by atomic mass is 10.0. The molecular formula is C21H41N9O6. The van der Waals surface area contributed by atoms with Crippen molar-refractivity contribution in [2.75, 3.05) is 13.1 Å². The number of aliphatic imine (C=N–C) groups is 1. The van der Waals surface area contributed by atoms with Gasteiger partial charge in [-0.2, -0.15) is 0 Å². The normalized spacial score (nSPS) is 14.1. The zero-order valence-corrected chi connectivity index (χ0v) is 20.9. The van der Waals surface area contributed by atoms with E-state index in [2.05, 4.69) is 20.9 Å². The highest BCUT2D eigenvalue weighted by Crippen LogP contribution is 2.08. The van der Waals surface area contributed by atoms with Gasteiger partial charge in [0.05, 0.1) is 12.5 Å². The van der Waals surface area contributed by atoms with Gasteiger partial charge in [-0.25, -0.2) is 4.79 Å². The van der Waals surface area contributed by atoms with Crippen molar-refractivity contribution in [3.8, 4) is 0 Å². The van der Waals surface area contributed by atoms with Crippen molar-refractivity contribution in [1.82, 2.24) is 16.0 Å². The fourth-order valence-electron chi connectivity index (χ4n) is 3.16. The molecule has 0 saturated carbocycles. The third-order valence-corrected chi connectivity index (χ3v) is 5.14. The molecule has 0 aromatic heterocycles. The van der Waals surface area contributed by atoms with Crippen molar-refractivity contribution in [2.24, 2.45) is 39.6 Å². The van der Waals surface area contributed by atoms with Crippen LogP contribution in [0.3, 0.4) is 0 Å². The van der Waals surface area contributed by atoms with Crippen LogP contribution in [0.5, 0.6) is 0 Å². The van der Waals surface area contributed by atoms with Gasteiger partial charge in [0.1, 0.15) is 18.1 Å². The highest BCUT2D eigenvalue weighted by molar-refractivity contribution is 5.95. The molecule has 0 saturated heterocycles. The maximum atomic E-state index is 13.0. The lowest BCUT2D eigenvalue weighted by Crippen LogP contribution is -2.58. The Labute approximate surface area is 210 Å². The highest BCUT2D eigenvalue weighted by atomic mass is 16.4. The number of nitrogens with zero attached hydrogens (tertiary/aromatic N) is 1. The predicted molar refractivity (Wildman–Crippen MR) is 133 cm³/mol. The summed E-state index contributed by atoms with van der Waals surface area (Å²) in [5.74, 6) is -4.69. The van der Waals surface area contributed by atoms with E-state index in [1.807, 2.05) is 0 Å². The van der Waals surface area contributed by atoms with Crippen LogP contribution in [-0.4, -0.2) is 77.9 Å². The number of carbonyl (C=O) groups excluding carboxylic acids is 4. The van der Waals surface area contributed by atoms with Crippen molar-refractivity contribution >= 4 is 35.6 Å². The topological polar surface area (TPSA) is 284 Å².